The number of aromatic nitrogens is 1. The molecule has 0 aliphatic carbocycles. The smallest absolute Gasteiger partial charge is 0.330 e. The molecule has 1 aromatic heterocycles. The molecular weight excluding hydrogens is 226 g/mol. The van der Waals surface area contributed by atoms with E-state index in [0.717, 1.165) is 0 Å². The zero-order valence-electron chi connectivity index (χ0n) is 10.7. The summed E-state index contributed by atoms with van der Waals surface area (Å²) < 4.78 is 6.94. The normalized spacial score (nSPS) is 11.2. The minimum atomic E-state index is -0.287. The summed E-state index contributed by atoms with van der Waals surface area (Å²) in [6.07, 6.45) is 5.33. The maximum atomic E-state index is 11.2. The second kappa shape index (κ2) is 5.54. The lowest BCUT2D eigenvalue weighted by atomic mass is 10.1. The standard InChI is InChI=1S/C15H17NO2/c1-3-18-15(17)8-5-10-16-11-9-13-12(2)6-4-7-14(13)16/h4-9,11H,3,10H2,1-2H3/b8-5+. The minimum absolute atomic E-state index is 0.287. The van der Waals surface area contributed by atoms with Crippen molar-refractivity contribution in [3.05, 3.63) is 48.2 Å². The monoisotopic (exact) mass is 243 g/mol. The summed E-state index contributed by atoms with van der Waals surface area (Å²) in [5.41, 5.74) is 2.45. The Morgan fingerprint density at radius 3 is 3.00 bits per heavy atom. The first-order valence-electron chi connectivity index (χ1n) is 6.10. The molecule has 0 unspecified atom stereocenters. The molecule has 18 heavy (non-hydrogen) atoms. The Kier molecular flexibility index (Phi) is 3.82. The van der Waals surface area contributed by atoms with Gasteiger partial charge in [-0.05, 0) is 31.5 Å². The molecule has 0 saturated heterocycles. The lowest BCUT2D eigenvalue weighted by Gasteiger charge is -2.02. The first kappa shape index (κ1) is 12.4. The van der Waals surface area contributed by atoms with Gasteiger partial charge < -0.3 is 9.30 Å². The quantitative estimate of drug-likeness (QED) is 0.610. The number of esters is 1. The molecule has 0 aliphatic heterocycles. The SMILES string of the molecule is CCOC(=O)/C=C/Cn1ccc2c(C)cccc21. The van der Waals surface area contributed by atoms with Crippen molar-refractivity contribution in [2.45, 2.75) is 20.4 Å². The number of hydrogen-bond acceptors (Lipinski definition) is 2. The van der Waals surface area contributed by atoms with Gasteiger partial charge in [-0.25, -0.2) is 4.79 Å². The largest absolute Gasteiger partial charge is 0.463 e. The summed E-state index contributed by atoms with van der Waals surface area (Å²) in [5.74, 6) is -0.287. The van der Waals surface area contributed by atoms with Crippen LogP contribution in [0.2, 0.25) is 0 Å². The van der Waals surface area contributed by atoms with Gasteiger partial charge in [-0.1, -0.05) is 18.2 Å². The predicted octanol–water partition coefficient (Wildman–Crippen LogP) is 3.07. The van der Waals surface area contributed by atoms with Gasteiger partial charge in [-0.3, -0.25) is 0 Å². The molecule has 0 bridgehead atoms. The van der Waals surface area contributed by atoms with E-state index >= 15 is 0 Å². The minimum Gasteiger partial charge on any atom is -0.463 e. The fraction of sp³-hybridized carbons (Fsp3) is 0.267. The van der Waals surface area contributed by atoms with Crippen LogP contribution in [0.5, 0.6) is 0 Å². The van der Waals surface area contributed by atoms with Crippen LogP contribution >= 0.6 is 0 Å². The number of carbonyl (C=O) groups is 1. The Hall–Kier alpha value is -2.03. The summed E-state index contributed by atoms with van der Waals surface area (Å²) in [6, 6.07) is 8.33. The van der Waals surface area contributed by atoms with Crippen molar-refractivity contribution in [3.63, 3.8) is 0 Å². The lowest BCUT2D eigenvalue weighted by Crippen LogP contribution is -2.00. The molecule has 0 saturated carbocycles. The average molecular weight is 243 g/mol. The van der Waals surface area contributed by atoms with Crippen LogP contribution in [0.15, 0.2) is 42.6 Å². The maximum absolute atomic E-state index is 11.2. The molecule has 94 valence electrons. The van der Waals surface area contributed by atoms with E-state index in [9.17, 15) is 4.79 Å². The first-order valence-corrected chi connectivity index (χ1v) is 6.10. The molecule has 0 N–H and O–H groups in total. The van der Waals surface area contributed by atoms with Crippen molar-refractivity contribution in [2.24, 2.45) is 0 Å². The molecular formula is C15H17NO2. The van der Waals surface area contributed by atoms with Crippen LogP contribution in [-0.2, 0) is 16.1 Å². The third-order valence-electron chi connectivity index (χ3n) is 2.87. The van der Waals surface area contributed by atoms with Gasteiger partial charge in [0.05, 0.1) is 6.61 Å². The van der Waals surface area contributed by atoms with Crippen molar-refractivity contribution in [1.29, 1.82) is 0 Å². The highest BCUT2D eigenvalue weighted by molar-refractivity contribution is 5.84. The maximum Gasteiger partial charge on any atom is 0.330 e. The summed E-state index contributed by atoms with van der Waals surface area (Å²) in [4.78, 5) is 11.2. The zero-order valence-corrected chi connectivity index (χ0v) is 10.7. The van der Waals surface area contributed by atoms with Gasteiger partial charge >= 0.3 is 5.97 Å². The van der Waals surface area contributed by atoms with Gasteiger partial charge in [-0.15, -0.1) is 0 Å². The van der Waals surface area contributed by atoms with Gasteiger partial charge in [0, 0.05) is 29.7 Å². The van der Waals surface area contributed by atoms with E-state index in [0.29, 0.717) is 13.2 Å². The molecule has 0 atom stereocenters. The third kappa shape index (κ3) is 2.62. The van der Waals surface area contributed by atoms with Crippen molar-refractivity contribution >= 4 is 16.9 Å². The third-order valence-corrected chi connectivity index (χ3v) is 2.87. The van der Waals surface area contributed by atoms with Gasteiger partial charge in [0.25, 0.3) is 0 Å². The number of fused-ring (bicyclic) bond motifs is 1. The van der Waals surface area contributed by atoms with Gasteiger partial charge in [0.2, 0.25) is 0 Å². The Balaban J connectivity index is 2.13. The average Bonchev–Trinajstić information content (AvgIpc) is 2.75. The van der Waals surface area contributed by atoms with E-state index < -0.39 is 0 Å². The topological polar surface area (TPSA) is 31.2 Å². The van der Waals surface area contributed by atoms with Crippen LogP contribution in [-0.4, -0.2) is 17.1 Å². The van der Waals surface area contributed by atoms with Crippen LogP contribution in [0.3, 0.4) is 0 Å². The van der Waals surface area contributed by atoms with Crippen LogP contribution in [0.1, 0.15) is 12.5 Å². The Labute approximate surface area is 107 Å². The summed E-state index contributed by atoms with van der Waals surface area (Å²) >= 11 is 0. The number of hydrogen-bond donors (Lipinski definition) is 0. The fourth-order valence-corrected chi connectivity index (χ4v) is 1.99. The molecule has 0 fully saturated rings. The molecule has 1 heterocycles. The summed E-state index contributed by atoms with van der Waals surface area (Å²) in [6.45, 7) is 4.98. The van der Waals surface area contributed by atoms with Crippen LogP contribution in [0.25, 0.3) is 10.9 Å². The highest BCUT2D eigenvalue weighted by atomic mass is 16.5. The summed E-state index contributed by atoms with van der Waals surface area (Å²) in [7, 11) is 0. The Morgan fingerprint density at radius 1 is 1.39 bits per heavy atom. The molecule has 3 nitrogen and oxygen atoms in total. The van der Waals surface area contributed by atoms with Crippen molar-refractivity contribution in [3.8, 4) is 0 Å². The second-order valence-electron chi connectivity index (χ2n) is 4.13. The number of ether oxygens (including phenoxy) is 1. The molecule has 2 rings (SSSR count). The van der Waals surface area contributed by atoms with E-state index in [1.54, 1.807) is 6.92 Å². The van der Waals surface area contributed by atoms with Crippen LogP contribution < -0.4 is 0 Å². The van der Waals surface area contributed by atoms with Gasteiger partial charge in [0.1, 0.15) is 0 Å². The molecule has 0 amide bonds. The van der Waals surface area contributed by atoms with Crippen molar-refractivity contribution < 1.29 is 9.53 Å². The Morgan fingerprint density at radius 2 is 2.22 bits per heavy atom. The second-order valence-corrected chi connectivity index (χ2v) is 4.13. The molecule has 0 spiro atoms. The van der Waals surface area contributed by atoms with Gasteiger partial charge in [0.15, 0.2) is 0 Å². The van der Waals surface area contributed by atoms with Crippen LogP contribution in [0, 0.1) is 6.92 Å². The van der Waals surface area contributed by atoms with E-state index in [-0.39, 0.29) is 5.97 Å². The number of rotatable bonds is 4. The molecule has 0 radical (unpaired) electrons. The van der Waals surface area contributed by atoms with E-state index in [1.807, 2.05) is 18.3 Å². The van der Waals surface area contributed by atoms with Crippen molar-refractivity contribution in [2.75, 3.05) is 6.61 Å². The predicted molar refractivity (Wildman–Crippen MR) is 72.4 cm³/mol. The molecule has 2 aromatic rings. The van der Waals surface area contributed by atoms with Crippen LogP contribution in [0.4, 0.5) is 0 Å². The van der Waals surface area contributed by atoms with Crippen molar-refractivity contribution in [1.82, 2.24) is 4.57 Å². The number of aryl methyl sites for hydroxylation is 1. The summed E-state index contributed by atoms with van der Waals surface area (Å²) in [5, 5.41) is 1.25. The molecule has 0 aliphatic rings. The number of allylic oxidation sites excluding steroid dienone is 1. The fourth-order valence-electron chi connectivity index (χ4n) is 1.99. The zero-order chi connectivity index (χ0) is 13.0. The highest BCUT2D eigenvalue weighted by Crippen LogP contribution is 2.19. The van der Waals surface area contributed by atoms with Gasteiger partial charge in [-0.2, -0.15) is 0 Å². The highest BCUT2D eigenvalue weighted by Gasteiger charge is 2.01. The number of benzene rings is 1. The van der Waals surface area contributed by atoms with E-state index in [1.165, 1.54) is 22.5 Å². The number of nitrogens with zero attached hydrogens (tertiary/aromatic N) is 1. The Bertz CT molecular complexity index is 581. The molecule has 3 heteroatoms. The first-order chi connectivity index (χ1) is 8.72. The van der Waals surface area contributed by atoms with E-state index in [4.69, 9.17) is 4.74 Å². The number of carbonyl (C=O) groups excluding carboxylic acids is 1. The molecule has 1 aromatic carbocycles. The van der Waals surface area contributed by atoms with E-state index in [2.05, 4.69) is 29.7 Å². The lowest BCUT2D eigenvalue weighted by molar-refractivity contribution is -0.137.